The van der Waals surface area contributed by atoms with Crippen molar-refractivity contribution < 1.29 is 14.0 Å². The molecule has 1 saturated carbocycles. The van der Waals surface area contributed by atoms with Crippen LogP contribution in [0.25, 0.3) is 10.8 Å². The lowest BCUT2D eigenvalue weighted by Crippen LogP contribution is -2.62. The zero-order chi connectivity index (χ0) is 20.0. The second-order valence-electron chi connectivity index (χ2n) is 7.72. The van der Waals surface area contributed by atoms with Gasteiger partial charge in [0.1, 0.15) is 6.17 Å². The highest BCUT2D eigenvalue weighted by Crippen LogP contribution is 2.41. The fourth-order valence-corrected chi connectivity index (χ4v) is 4.63. The van der Waals surface area contributed by atoms with E-state index in [9.17, 15) is 9.59 Å². The van der Waals surface area contributed by atoms with E-state index in [2.05, 4.69) is 10.3 Å². The smallest absolute Gasteiger partial charge is 0.329 e. The SMILES string of the molecule is O=C1NC2CC(c3ccccc3)C(F)CC2C(=O)N1c1cncc2ccccc12. The van der Waals surface area contributed by atoms with Crippen molar-refractivity contribution in [3.8, 4) is 0 Å². The van der Waals surface area contributed by atoms with Crippen molar-refractivity contribution in [2.45, 2.75) is 31.0 Å². The fraction of sp³-hybridized carbons (Fsp3) is 0.261. The van der Waals surface area contributed by atoms with Gasteiger partial charge in [0, 0.05) is 28.9 Å². The van der Waals surface area contributed by atoms with Crippen molar-refractivity contribution in [3.63, 3.8) is 0 Å². The highest BCUT2D eigenvalue weighted by atomic mass is 19.1. The maximum atomic E-state index is 15.1. The van der Waals surface area contributed by atoms with E-state index in [0.29, 0.717) is 12.1 Å². The summed E-state index contributed by atoms with van der Waals surface area (Å²) in [6, 6.07) is 16.1. The molecule has 1 aliphatic carbocycles. The number of urea groups is 1. The van der Waals surface area contributed by atoms with Crippen LogP contribution in [0.1, 0.15) is 24.3 Å². The summed E-state index contributed by atoms with van der Waals surface area (Å²) < 4.78 is 15.1. The van der Waals surface area contributed by atoms with Crippen molar-refractivity contribution >= 4 is 28.4 Å². The topological polar surface area (TPSA) is 62.3 Å². The summed E-state index contributed by atoms with van der Waals surface area (Å²) in [5.74, 6) is -1.26. The van der Waals surface area contributed by atoms with Gasteiger partial charge in [0.2, 0.25) is 5.91 Å². The second-order valence-corrected chi connectivity index (χ2v) is 7.72. The molecule has 2 fully saturated rings. The summed E-state index contributed by atoms with van der Waals surface area (Å²) in [6.45, 7) is 0. The van der Waals surface area contributed by atoms with Crippen LogP contribution in [0.5, 0.6) is 0 Å². The third-order valence-electron chi connectivity index (χ3n) is 6.07. The number of halogens is 1. The minimum atomic E-state index is -1.13. The van der Waals surface area contributed by atoms with E-state index in [0.717, 1.165) is 21.2 Å². The van der Waals surface area contributed by atoms with Crippen LogP contribution < -0.4 is 10.2 Å². The maximum absolute atomic E-state index is 15.1. The lowest BCUT2D eigenvalue weighted by Gasteiger charge is -2.43. The average Bonchev–Trinajstić information content (AvgIpc) is 2.75. The number of aromatic nitrogens is 1. The molecule has 3 aromatic rings. The zero-order valence-electron chi connectivity index (χ0n) is 15.7. The Labute approximate surface area is 167 Å². The van der Waals surface area contributed by atoms with E-state index in [1.54, 1.807) is 6.20 Å². The van der Waals surface area contributed by atoms with Crippen molar-refractivity contribution in [1.82, 2.24) is 10.3 Å². The molecule has 6 heteroatoms. The molecule has 4 atom stereocenters. The third-order valence-corrected chi connectivity index (χ3v) is 6.07. The van der Waals surface area contributed by atoms with Gasteiger partial charge in [-0.2, -0.15) is 0 Å². The molecule has 1 N–H and O–H groups in total. The number of carbonyl (C=O) groups is 2. The molecular weight excluding hydrogens is 369 g/mol. The monoisotopic (exact) mass is 389 g/mol. The summed E-state index contributed by atoms with van der Waals surface area (Å²) in [5, 5.41) is 4.55. The first-order chi connectivity index (χ1) is 14.1. The molecule has 4 unspecified atom stereocenters. The fourth-order valence-electron chi connectivity index (χ4n) is 4.63. The number of amides is 3. The quantitative estimate of drug-likeness (QED) is 0.715. The lowest BCUT2D eigenvalue weighted by molar-refractivity contribution is -0.125. The van der Waals surface area contributed by atoms with Gasteiger partial charge in [0.05, 0.1) is 17.8 Å². The largest absolute Gasteiger partial charge is 0.334 e. The number of anilines is 1. The van der Waals surface area contributed by atoms with Crippen molar-refractivity contribution in [2.24, 2.45) is 5.92 Å². The van der Waals surface area contributed by atoms with Crippen LogP contribution in [0, 0.1) is 5.92 Å². The molecule has 2 heterocycles. The molecule has 5 rings (SSSR count). The molecule has 1 aromatic heterocycles. The number of nitrogens with zero attached hydrogens (tertiary/aromatic N) is 2. The minimum absolute atomic E-state index is 0.0953. The standard InChI is InChI=1S/C23H20FN3O2/c24-19-10-18-20(11-17(19)14-6-2-1-3-7-14)26-23(29)27(22(18)28)21-13-25-12-15-8-4-5-9-16(15)21/h1-9,12-13,17-20H,10-11H2,(H,26,29). The molecule has 1 aliphatic heterocycles. The summed E-state index contributed by atoms with van der Waals surface area (Å²) in [4.78, 5) is 31.5. The highest BCUT2D eigenvalue weighted by molar-refractivity contribution is 6.20. The molecule has 0 bridgehead atoms. The molecule has 0 radical (unpaired) electrons. The molecule has 2 aromatic carbocycles. The molecule has 0 spiro atoms. The molecule has 146 valence electrons. The summed E-state index contributed by atoms with van der Waals surface area (Å²) >= 11 is 0. The van der Waals surface area contributed by atoms with Gasteiger partial charge >= 0.3 is 6.03 Å². The number of fused-ring (bicyclic) bond motifs is 2. The Bertz CT molecular complexity index is 1080. The van der Waals surface area contributed by atoms with Crippen molar-refractivity contribution in [3.05, 3.63) is 72.6 Å². The first-order valence-electron chi connectivity index (χ1n) is 9.79. The van der Waals surface area contributed by atoms with E-state index in [1.807, 2.05) is 54.6 Å². The Morgan fingerprint density at radius 1 is 0.931 bits per heavy atom. The predicted octanol–water partition coefficient (Wildman–Crippen LogP) is 4.19. The Hall–Kier alpha value is -3.28. The number of hydrogen-bond acceptors (Lipinski definition) is 3. The summed E-state index contributed by atoms with van der Waals surface area (Å²) in [7, 11) is 0. The Kier molecular flexibility index (Phi) is 4.27. The van der Waals surface area contributed by atoms with Gasteiger partial charge in [-0.3, -0.25) is 9.78 Å². The number of imide groups is 1. The second kappa shape index (κ2) is 6.95. The lowest BCUT2D eigenvalue weighted by atomic mass is 9.73. The number of benzene rings is 2. The summed E-state index contributed by atoms with van der Waals surface area (Å²) in [5.41, 5.74) is 1.34. The van der Waals surface area contributed by atoms with Crippen LogP contribution in [0.15, 0.2) is 67.0 Å². The van der Waals surface area contributed by atoms with Crippen molar-refractivity contribution in [1.29, 1.82) is 0 Å². The summed E-state index contributed by atoms with van der Waals surface area (Å²) in [6.07, 6.45) is 2.58. The molecule has 29 heavy (non-hydrogen) atoms. The Morgan fingerprint density at radius 3 is 2.52 bits per heavy atom. The van der Waals surface area contributed by atoms with E-state index in [4.69, 9.17) is 0 Å². The van der Waals surface area contributed by atoms with Gasteiger partial charge in [-0.25, -0.2) is 14.1 Å². The van der Waals surface area contributed by atoms with Crippen LogP contribution in [-0.4, -0.2) is 29.1 Å². The van der Waals surface area contributed by atoms with Crippen LogP contribution in [0.3, 0.4) is 0 Å². The van der Waals surface area contributed by atoms with E-state index in [1.165, 1.54) is 6.20 Å². The number of alkyl halides is 1. The molecule has 3 amide bonds. The Morgan fingerprint density at radius 2 is 1.69 bits per heavy atom. The van der Waals surface area contributed by atoms with Crippen LogP contribution in [0.4, 0.5) is 14.9 Å². The van der Waals surface area contributed by atoms with Gasteiger partial charge in [-0.05, 0) is 18.4 Å². The molecule has 2 aliphatic rings. The maximum Gasteiger partial charge on any atom is 0.329 e. The normalized spacial score (nSPS) is 26.9. The molecule has 5 nitrogen and oxygen atoms in total. The van der Waals surface area contributed by atoms with E-state index < -0.39 is 18.1 Å². The first-order valence-corrected chi connectivity index (χ1v) is 9.79. The van der Waals surface area contributed by atoms with Gasteiger partial charge in [0.15, 0.2) is 0 Å². The predicted molar refractivity (Wildman–Crippen MR) is 108 cm³/mol. The zero-order valence-corrected chi connectivity index (χ0v) is 15.7. The van der Waals surface area contributed by atoms with E-state index >= 15 is 4.39 Å². The average molecular weight is 389 g/mol. The van der Waals surface area contributed by atoms with Gasteiger partial charge in [-0.15, -0.1) is 0 Å². The highest BCUT2D eigenvalue weighted by Gasteiger charge is 2.48. The van der Waals surface area contributed by atoms with E-state index in [-0.39, 0.29) is 24.3 Å². The van der Waals surface area contributed by atoms with Gasteiger partial charge in [0.25, 0.3) is 0 Å². The van der Waals surface area contributed by atoms with Crippen LogP contribution in [0.2, 0.25) is 0 Å². The van der Waals surface area contributed by atoms with Crippen LogP contribution >= 0.6 is 0 Å². The number of rotatable bonds is 2. The molecule has 1 saturated heterocycles. The third kappa shape index (κ3) is 2.95. The number of carbonyl (C=O) groups excluding carboxylic acids is 2. The first kappa shape index (κ1) is 17.8. The number of hydrogen-bond donors (Lipinski definition) is 1. The van der Waals surface area contributed by atoms with Crippen molar-refractivity contribution in [2.75, 3.05) is 4.90 Å². The van der Waals surface area contributed by atoms with Crippen LogP contribution in [-0.2, 0) is 4.79 Å². The molecular formula is C23H20FN3O2. The number of pyridine rings is 1. The van der Waals surface area contributed by atoms with Gasteiger partial charge < -0.3 is 5.32 Å². The van der Waals surface area contributed by atoms with Gasteiger partial charge in [-0.1, -0.05) is 54.6 Å². The Balaban J connectivity index is 1.47. The number of nitrogens with one attached hydrogen (secondary N) is 1. The minimum Gasteiger partial charge on any atom is -0.334 e.